The van der Waals surface area contributed by atoms with Crippen LogP contribution in [0.1, 0.15) is 38.8 Å². The van der Waals surface area contributed by atoms with Gasteiger partial charge in [0.1, 0.15) is 5.60 Å². The van der Waals surface area contributed by atoms with Gasteiger partial charge in [0.25, 0.3) is 0 Å². The van der Waals surface area contributed by atoms with E-state index >= 15 is 0 Å². The molecule has 21 heavy (non-hydrogen) atoms. The summed E-state index contributed by atoms with van der Waals surface area (Å²) in [6.45, 7) is 8.84. The molecule has 0 heterocycles. The molecule has 2 nitrogen and oxygen atoms in total. The molecule has 0 aliphatic carbocycles. The molecule has 0 aliphatic heterocycles. The van der Waals surface area contributed by atoms with E-state index in [9.17, 15) is 0 Å². The zero-order valence-corrected chi connectivity index (χ0v) is 13.3. The van der Waals surface area contributed by atoms with E-state index in [0.717, 1.165) is 5.56 Å². The van der Waals surface area contributed by atoms with Crippen LogP contribution in [0.15, 0.2) is 60.7 Å². The summed E-state index contributed by atoms with van der Waals surface area (Å²) in [5.41, 5.74) is 1.79. The van der Waals surface area contributed by atoms with Crippen molar-refractivity contribution >= 4 is 0 Å². The maximum atomic E-state index is 5.67. The van der Waals surface area contributed by atoms with Gasteiger partial charge in [-0.15, -0.1) is 0 Å². The molecule has 0 radical (unpaired) electrons. The third-order valence-corrected chi connectivity index (χ3v) is 3.71. The minimum absolute atomic E-state index is 0.0893. The first-order chi connectivity index (χ1) is 9.92. The predicted octanol–water partition coefficient (Wildman–Crippen LogP) is 4.85. The van der Waals surface area contributed by atoms with Crippen LogP contribution in [-0.2, 0) is 20.8 Å². The topological polar surface area (TPSA) is 18.5 Å². The molecule has 0 bridgehead atoms. The van der Waals surface area contributed by atoms with Gasteiger partial charge in [-0.3, -0.25) is 0 Å². The zero-order chi connectivity index (χ0) is 15.3. The van der Waals surface area contributed by atoms with Crippen LogP contribution in [0.3, 0.4) is 0 Å². The van der Waals surface area contributed by atoms with Crippen LogP contribution in [0.4, 0.5) is 0 Å². The van der Waals surface area contributed by atoms with E-state index in [2.05, 4.69) is 26.0 Å². The Balaban J connectivity index is 1.95. The van der Waals surface area contributed by atoms with Crippen molar-refractivity contribution in [2.45, 2.75) is 38.7 Å². The lowest BCUT2D eigenvalue weighted by molar-refractivity contribution is -0.364. The average molecular weight is 284 g/mol. The Labute approximate surface area is 127 Å². The van der Waals surface area contributed by atoms with Gasteiger partial charge in [-0.2, -0.15) is 0 Å². The first kappa shape index (κ1) is 15.7. The average Bonchev–Trinajstić information content (AvgIpc) is 2.49. The van der Waals surface area contributed by atoms with Crippen molar-refractivity contribution in [3.63, 3.8) is 0 Å². The maximum Gasteiger partial charge on any atom is 0.123 e. The summed E-state index contributed by atoms with van der Waals surface area (Å²) in [5.74, 6) is 0. The van der Waals surface area contributed by atoms with Gasteiger partial charge in [0.15, 0.2) is 0 Å². The molecule has 0 amide bonds. The highest BCUT2D eigenvalue weighted by atomic mass is 17.2. The molecule has 2 aromatic carbocycles. The molecule has 0 N–H and O–H groups in total. The van der Waals surface area contributed by atoms with Gasteiger partial charge in [0.05, 0.1) is 6.61 Å². The van der Waals surface area contributed by atoms with Crippen LogP contribution in [0.5, 0.6) is 0 Å². The Morgan fingerprint density at radius 2 is 1.19 bits per heavy atom. The summed E-state index contributed by atoms with van der Waals surface area (Å²) in [4.78, 5) is 11.2. The van der Waals surface area contributed by atoms with Crippen LogP contribution >= 0.6 is 0 Å². The summed E-state index contributed by atoms with van der Waals surface area (Å²) in [5, 5.41) is 0. The fraction of sp³-hybridized carbons (Fsp3) is 0.368. The fourth-order valence-corrected chi connectivity index (χ4v) is 2.18. The molecule has 0 aliphatic rings. The SMILES string of the molecule is CC(C)(COOC(C)(C)c1ccccc1)c1ccccc1. The molecule has 2 rings (SSSR count). The molecule has 2 aromatic rings. The first-order valence-corrected chi connectivity index (χ1v) is 7.33. The molecule has 0 unspecified atom stereocenters. The monoisotopic (exact) mass is 284 g/mol. The van der Waals surface area contributed by atoms with E-state index in [1.807, 2.05) is 62.4 Å². The molecular weight excluding hydrogens is 260 g/mol. The van der Waals surface area contributed by atoms with Gasteiger partial charge in [0, 0.05) is 5.41 Å². The van der Waals surface area contributed by atoms with Crippen LogP contribution in [-0.4, -0.2) is 6.61 Å². The number of hydrogen-bond acceptors (Lipinski definition) is 2. The molecule has 0 fully saturated rings. The summed E-state index contributed by atoms with van der Waals surface area (Å²) >= 11 is 0. The van der Waals surface area contributed by atoms with E-state index in [1.165, 1.54) is 5.56 Å². The lowest BCUT2D eigenvalue weighted by Gasteiger charge is -2.29. The third kappa shape index (κ3) is 4.16. The van der Waals surface area contributed by atoms with Crippen molar-refractivity contribution in [1.82, 2.24) is 0 Å². The van der Waals surface area contributed by atoms with Crippen LogP contribution in [0.25, 0.3) is 0 Å². The predicted molar refractivity (Wildman–Crippen MR) is 86.0 cm³/mol. The summed E-state index contributed by atoms with van der Waals surface area (Å²) in [7, 11) is 0. The molecule has 2 heteroatoms. The molecule has 112 valence electrons. The van der Waals surface area contributed by atoms with Crippen molar-refractivity contribution in [3.05, 3.63) is 71.8 Å². The first-order valence-electron chi connectivity index (χ1n) is 7.33. The Kier molecular flexibility index (Phi) is 4.81. The van der Waals surface area contributed by atoms with Gasteiger partial charge < -0.3 is 0 Å². The van der Waals surface area contributed by atoms with Crippen LogP contribution in [0, 0.1) is 0 Å². The van der Waals surface area contributed by atoms with E-state index in [0.29, 0.717) is 6.61 Å². The second kappa shape index (κ2) is 6.42. The lowest BCUT2D eigenvalue weighted by Crippen LogP contribution is -2.28. The standard InChI is InChI=1S/C19H24O2/c1-18(2,16-11-7-5-8-12-16)15-20-21-19(3,4)17-13-9-6-10-14-17/h5-14H,15H2,1-4H3. The Bertz CT molecular complexity index is 493. The molecule has 0 saturated heterocycles. The van der Waals surface area contributed by atoms with Gasteiger partial charge in [-0.1, -0.05) is 74.5 Å². The quantitative estimate of drug-likeness (QED) is 0.558. The van der Waals surface area contributed by atoms with Crippen molar-refractivity contribution in [1.29, 1.82) is 0 Å². The lowest BCUT2D eigenvalue weighted by atomic mass is 9.86. The van der Waals surface area contributed by atoms with Crippen molar-refractivity contribution in [2.75, 3.05) is 6.61 Å². The van der Waals surface area contributed by atoms with E-state index < -0.39 is 5.60 Å². The van der Waals surface area contributed by atoms with Gasteiger partial charge >= 0.3 is 0 Å². The largest absolute Gasteiger partial charge is 0.235 e. The summed E-state index contributed by atoms with van der Waals surface area (Å²) in [6, 6.07) is 20.5. The molecule has 0 spiro atoms. The van der Waals surface area contributed by atoms with Gasteiger partial charge in [-0.05, 0) is 25.0 Å². The van der Waals surface area contributed by atoms with E-state index in [1.54, 1.807) is 0 Å². The van der Waals surface area contributed by atoms with Crippen LogP contribution < -0.4 is 0 Å². The molecular formula is C19H24O2. The fourth-order valence-electron chi connectivity index (χ4n) is 2.18. The van der Waals surface area contributed by atoms with E-state index in [-0.39, 0.29) is 5.41 Å². The second-order valence-corrected chi connectivity index (χ2v) is 6.47. The second-order valence-electron chi connectivity index (χ2n) is 6.47. The van der Waals surface area contributed by atoms with Crippen LogP contribution in [0.2, 0.25) is 0 Å². The Hall–Kier alpha value is -1.64. The smallest absolute Gasteiger partial charge is 0.123 e. The van der Waals surface area contributed by atoms with Crippen molar-refractivity contribution < 1.29 is 9.78 Å². The van der Waals surface area contributed by atoms with Gasteiger partial charge in [0.2, 0.25) is 0 Å². The number of benzene rings is 2. The molecule has 0 aromatic heterocycles. The zero-order valence-electron chi connectivity index (χ0n) is 13.3. The summed E-state index contributed by atoms with van der Waals surface area (Å²) in [6.07, 6.45) is 0. The highest BCUT2D eigenvalue weighted by molar-refractivity contribution is 5.23. The molecule has 0 atom stereocenters. The normalized spacial score (nSPS) is 12.4. The number of hydrogen-bond donors (Lipinski definition) is 0. The maximum absolute atomic E-state index is 5.67. The Morgan fingerprint density at radius 3 is 1.71 bits per heavy atom. The minimum atomic E-state index is -0.464. The third-order valence-electron chi connectivity index (χ3n) is 3.71. The van der Waals surface area contributed by atoms with Crippen molar-refractivity contribution in [3.8, 4) is 0 Å². The van der Waals surface area contributed by atoms with Crippen molar-refractivity contribution in [2.24, 2.45) is 0 Å². The summed E-state index contributed by atoms with van der Waals surface area (Å²) < 4.78 is 0. The minimum Gasteiger partial charge on any atom is -0.235 e. The van der Waals surface area contributed by atoms with Gasteiger partial charge in [-0.25, -0.2) is 9.78 Å². The van der Waals surface area contributed by atoms with E-state index in [4.69, 9.17) is 9.78 Å². The number of rotatable bonds is 6. The highest BCUT2D eigenvalue weighted by Gasteiger charge is 2.26. The molecule has 0 saturated carbocycles. The Morgan fingerprint density at radius 1 is 0.714 bits per heavy atom. The highest BCUT2D eigenvalue weighted by Crippen LogP contribution is 2.27.